The summed E-state index contributed by atoms with van der Waals surface area (Å²) in [6.07, 6.45) is 3.34. The fourth-order valence-corrected chi connectivity index (χ4v) is 5.31. The van der Waals surface area contributed by atoms with Crippen molar-refractivity contribution in [2.75, 3.05) is 29.9 Å². The van der Waals surface area contributed by atoms with E-state index in [0.717, 1.165) is 41.4 Å². The van der Waals surface area contributed by atoms with Gasteiger partial charge in [-0.2, -0.15) is 0 Å². The number of thiophene rings is 1. The van der Waals surface area contributed by atoms with Crippen LogP contribution >= 0.6 is 34.4 Å². The van der Waals surface area contributed by atoms with E-state index in [9.17, 15) is 14.4 Å². The van der Waals surface area contributed by atoms with Crippen LogP contribution in [-0.4, -0.2) is 52.2 Å². The number of nitrogens with zero attached hydrogens (tertiary/aromatic N) is 2. The van der Waals surface area contributed by atoms with Crippen LogP contribution in [0.2, 0.25) is 0 Å². The summed E-state index contributed by atoms with van der Waals surface area (Å²) in [6, 6.07) is 3.92. The van der Waals surface area contributed by atoms with Crippen molar-refractivity contribution in [2.45, 2.75) is 32.7 Å². The minimum atomic E-state index is -0.153. The maximum Gasteiger partial charge on any atom is 0.236 e. The molecule has 3 amide bonds. The zero-order chi connectivity index (χ0) is 20.6. The Bertz CT molecular complexity index is 859. The molecule has 2 aromatic heterocycles. The molecule has 0 aromatic carbocycles. The van der Waals surface area contributed by atoms with E-state index >= 15 is 0 Å². The highest BCUT2D eigenvalue weighted by Gasteiger charge is 2.17. The van der Waals surface area contributed by atoms with Gasteiger partial charge < -0.3 is 15.5 Å². The Balaban J connectivity index is 1.43. The summed E-state index contributed by atoms with van der Waals surface area (Å²) in [4.78, 5) is 43.7. The quantitative estimate of drug-likeness (QED) is 0.642. The van der Waals surface area contributed by atoms with Crippen LogP contribution < -0.4 is 10.6 Å². The van der Waals surface area contributed by atoms with Crippen LogP contribution in [0.25, 0.3) is 10.6 Å². The minimum Gasteiger partial charge on any atom is -0.351 e. The fourth-order valence-electron chi connectivity index (χ4n) is 2.89. The van der Waals surface area contributed by atoms with Crippen molar-refractivity contribution in [3.05, 3.63) is 22.4 Å². The maximum absolute atomic E-state index is 12.1. The molecule has 0 bridgehead atoms. The first-order valence-electron chi connectivity index (χ1n) is 9.45. The number of piperidine rings is 1. The number of anilines is 1. The third-order valence-corrected chi connectivity index (χ3v) is 7.13. The zero-order valence-electron chi connectivity index (χ0n) is 16.2. The van der Waals surface area contributed by atoms with E-state index in [1.54, 1.807) is 11.3 Å². The van der Waals surface area contributed by atoms with E-state index in [1.165, 1.54) is 36.4 Å². The molecule has 10 heteroatoms. The van der Waals surface area contributed by atoms with Crippen molar-refractivity contribution in [3.8, 4) is 10.6 Å². The lowest BCUT2D eigenvalue weighted by molar-refractivity contribution is -0.129. The van der Waals surface area contributed by atoms with Gasteiger partial charge in [0, 0.05) is 30.3 Å². The molecule has 0 atom stereocenters. The van der Waals surface area contributed by atoms with E-state index in [1.807, 2.05) is 22.4 Å². The smallest absolute Gasteiger partial charge is 0.236 e. The molecule has 1 saturated heterocycles. The summed E-state index contributed by atoms with van der Waals surface area (Å²) in [5, 5.41) is 8.02. The Morgan fingerprint density at radius 3 is 2.72 bits per heavy atom. The highest BCUT2D eigenvalue weighted by Crippen LogP contribution is 2.30. The Kier molecular flexibility index (Phi) is 8.08. The number of thioether (sulfide) groups is 1. The van der Waals surface area contributed by atoms with Gasteiger partial charge in [0.2, 0.25) is 17.7 Å². The SMILES string of the molecule is CC(=O)NCc1ccc(-c2csc(NC(=O)CSCC(=O)N3CCCCC3)n2)s1. The average Bonchev–Trinajstić information content (AvgIpc) is 3.36. The summed E-state index contributed by atoms with van der Waals surface area (Å²) in [6.45, 7) is 3.67. The molecule has 0 radical (unpaired) electrons. The third kappa shape index (κ3) is 6.83. The topological polar surface area (TPSA) is 91.4 Å². The van der Waals surface area contributed by atoms with E-state index in [2.05, 4.69) is 15.6 Å². The van der Waals surface area contributed by atoms with E-state index < -0.39 is 0 Å². The second-order valence-corrected chi connectivity index (χ2v) is 9.71. The van der Waals surface area contributed by atoms with Crippen molar-refractivity contribution in [1.29, 1.82) is 0 Å². The Hall–Kier alpha value is -1.91. The van der Waals surface area contributed by atoms with Crippen LogP contribution in [-0.2, 0) is 20.9 Å². The van der Waals surface area contributed by atoms with Crippen molar-refractivity contribution < 1.29 is 14.4 Å². The van der Waals surface area contributed by atoms with Gasteiger partial charge in [0.25, 0.3) is 0 Å². The first-order valence-corrected chi connectivity index (χ1v) is 12.3. The Morgan fingerprint density at radius 2 is 1.97 bits per heavy atom. The number of nitrogens with one attached hydrogen (secondary N) is 2. The molecule has 0 aliphatic carbocycles. The zero-order valence-corrected chi connectivity index (χ0v) is 18.7. The van der Waals surface area contributed by atoms with E-state index in [-0.39, 0.29) is 23.5 Å². The number of aromatic nitrogens is 1. The molecule has 1 fully saturated rings. The molecule has 156 valence electrons. The summed E-state index contributed by atoms with van der Waals surface area (Å²) >= 11 is 4.27. The summed E-state index contributed by atoms with van der Waals surface area (Å²) < 4.78 is 0. The normalized spacial score (nSPS) is 13.9. The average molecular weight is 453 g/mol. The lowest BCUT2D eigenvalue weighted by Gasteiger charge is -2.26. The standard InChI is InChI=1S/C19H24N4O3S3/c1-13(24)20-9-14-5-6-16(29-14)15-10-28-19(21-15)22-17(25)11-27-12-18(26)23-7-3-2-4-8-23/h5-6,10H,2-4,7-9,11-12H2,1H3,(H,20,24)(H,21,22,25). The van der Waals surface area contributed by atoms with Crippen molar-refractivity contribution in [1.82, 2.24) is 15.2 Å². The monoisotopic (exact) mass is 452 g/mol. The van der Waals surface area contributed by atoms with Gasteiger partial charge in [0.1, 0.15) is 0 Å². The molecule has 0 spiro atoms. The van der Waals surface area contributed by atoms with Crippen LogP contribution in [0.4, 0.5) is 5.13 Å². The number of hydrogen-bond acceptors (Lipinski definition) is 7. The molecule has 7 nitrogen and oxygen atoms in total. The molecule has 0 unspecified atom stereocenters. The molecular weight excluding hydrogens is 428 g/mol. The summed E-state index contributed by atoms with van der Waals surface area (Å²) in [5.41, 5.74) is 0.803. The number of rotatable bonds is 8. The van der Waals surface area contributed by atoms with Crippen LogP contribution in [0.15, 0.2) is 17.5 Å². The molecule has 2 aromatic rings. The number of likely N-dealkylation sites (tertiary alicyclic amines) is 1. The predicted octanol–water partition coefficient (Wildman–Crippen LogP) is 3.19. The van der Waals surface area contributed by atoms with Gasteiger partial charge in [-0.05, 0) is 31.4 Å². The minimum absolute atomic E-state index is 0.0610. The summed E-state index contributed by atoms with van der Waals surface area (Å²) in [7, 11) is 0. The van der Waals surface area contributed by atoms with Gasteiger partial charge in [0.05, 0.1) is 28.6 Å². The van der Waals surface area contributed by atoms with Gasteiger partial charge in [-0.3, -0.25) is 14.4 Å². The van der Waals surface area contributed by atoms with Crippen LogP contribution in [0, 0.1) is 0 Å². The van der Waals surface area contributed by atoms with Crippen molar-refractivity contribution >= 4 is 57.3 Å². The Labute approximate surface area is 182 Å². The van der Waals surface area contributed by atoms with Gasteiger partial charge in [-0.25, -0.2) is 4.98 Å². The third-order valence-electron chi connectivity index (χ3n) is 4.34. The highest BCUT2D eigenvalue weighted by atomic mass is 32.2. The van der Waals surface area contributed by atoms with Gasteiger partial charge in [0.15, 0.2) is 5.13 Å². The molecule has 2 N–H and O–H groups in total. The number of thiazole rings is 1. The number of hydrogen-bond donors (Lipinski definition) is 2. The van der Waals surface area contributed by atoms with Gasteiger partial charge in [-0.15, -0.1) is 34.4 Å². The van der Waals surface area contributed by atoms with Gasteiger partial charge in [-0.1, -0.05) is 0 Å². The Morgan fingerprint density at radius 1 is 1.17 bits per heavy atom. The van der Waals surface area contributed by atoms with Crippen LogP contribution in [0.3, 0.4) is 0 Å². The highest BCUT2D eigenvalue weighted by molar-refractivity contribution is 8.00. The van der Waals surface area contributed by atoms with E-state index in [0.29, 0.717) is 17.4 Å². The lowest BCUT2D eigenvalue weighted by Crippen LogP contribution is -2.37. The molecule has 29 heavy (non-hydrogen) atoms. The van der Waals surface area contributed by atoms with Crippen LogP contribution in [0.5, 0.6) is 0 Å². The second kappa shape index (κ2) is 10.7. The number of carbonyl (C=O) groups is 3. The number of amides is 3. The molecule has 3 heterocycles. The first kappa shape index (κ1) is 21.8. The molecule has 1 aliphatic rings. The molecular formula is C19H24N4O3S3. The summed E-state index contributed by atoms with van der Waals surface area (Å²) in [5.74, 6) is 0.470. The van der Waals surface area contributed by atoms with Crippen LogP contribution in [0.1, 0.15) is 31.1 Å². The van der Waals surface area contributed by atoms with Gasteiger partial charge >= 0.3 is 0 Å². The second-order valence-electron chi connectivity index (χ2n) is 6.70. The molecule has 0 saturated carbocycles. The predicted molar refractivity (Wildman–Crippen MR) is 119 cm³/mol. The maximum atomic E-state index is 12.1. The van der Waals surface area contributed by atoms with E-state index in [4.69, 9.17) is 0 Å². The lowest BCUT2D eigenvalue weighted by atomic mass is 10.1. The van der Waals surface area contributed by atoms with Crippen molar-refractivity contribution in [2.24, 2.45) is 0 Å². The molecule has 1 aliphatic heterocycles. The first-order chi connectivity index (χ1) is 14.0. The fraction of sp³-hybridized carbons (Fsp3) is 0.474. The van der Waals surface area contributed by atoms with Crippen molar-refractivity contribution in [3.63, 3.8) is 0 Å². The molecule has 3 rings (SSSR count). The number of carbonyl (C=O) groups excluding carboxylic acids is 3. The largest absolute Gasteiger partial charge is 0.351 e.